The van der Waals surface area contributed by atoms with Crippen molar-refractivity contribution in [2.45, 2.75) is 6.54 Å². The number of amides is 1. The minimum Gasteiger partial charge on any atom is -0.459 e. The number of furan rings is 1. The average molecular weight is 269 g/mol. The van der Waals surface area contributed by atoms with Crippen LogP contribution in [-0.4, -0.2) is 26.5 Å². The van der Waals surface area contributed by atoms with Crippen LogP contribution < -0.4 is 5.32 Å². The molecule has 0 radical (unpaired) electrons. The van der Waals surface area contributed by atoms with E-state index in [0.29, 0.717) is 5.82 Å². The standard InChI is InChI=1S/C13H11N5O2/c19-13(14-8-11-15-17-18-16-11)12-10(6-7-20-12)9-4-2-1-3-5-9/h1-7H,8H2,(H,14,19)(H,15,16,17,18). The third-order valence-corrected chi connectivity index (χ3v) is 2.75. The number of hydrogen-bond acceptors (Lipinski definition) is 5. The second-order valence-electron chi connectivity index (χ2n) is 4.04. The molecule has 0 fully saturated rings. The second kappa shape index (κ2) is 5.35. The van der Waals surface area contributed by atoms with Crippen molar-refractivity contribution in [1.82, 2.24) is 25.9 Å². The van der Waals surface area contributed by atoms with E-state index in [0.717, 1.165) is 11.1 Å². The van der Waals surface area contributed by atoms with Crippen LogP contribution >= 0.6 is 0 Å². The Kier molecular flexibility index (Phi) is 3.24. The van der Waals surface area contributed by atoms with Crippen LogP contribution in [0.15, 0.2) is 47.1 Å². The molecule has 100 valence electrons. The zero-order valence-electron chi connectivity index (χ0n) is 10.4. The molecule has 3 aromatic rings. The van der Waals surface area contributed by atoms with Gasteiger partial charge in [0.25, 0.3) is 5.91 Å². The lowest BCUT2D eigenvalue weighted by Crippen LogP contribution is -2.23. The summed E-state index contributed by atoms with van der Waals surface area (Å²) in [6.45, 7) is 0.185. The Bertz CT molecular complexity index is 691. The summed E-state index contributed by atoms with van der Waals surface area (Å²) < 4.78 is 5.27. The number of H-pyrrole nitrogens is 1. The highest BCUT2D eigenvalue weighted by molar-refractivity contribution is 5.98. The molecular formula is C13H11N5O2. The zero-order chi connectivity index (χ0) is 13.8. The number of aromatic nitrogens is 4. The van der Waals surface area contributed by atoms with Gasteiger partial charge in [-0.3, -0.25) is 4.79 Å². The van der Waals surface area contributed by atoms with E-state index in [4.69, 9.17) is 4.42 Å². The highest BCUT2D eigenvalue weighted by atomic mass is 16.3. The summed E-state index contributed by atoms with van der Waals surface area (Å²) in [4.78, 5) is 12.1. The number of tetrazole rings is 1. The Morgan fingerprint density at radius 2 is 2.10 bits per heavy atom. The average Bonchev–Trinajstić information content (AvgIpc) is 3.17. The molecule has 7 nitrogen and oxygen atoms in total. The van der Waals surface area contributed by atoms with Crippen LogP contribution in [0.4, 0.5) is 0 Å². The first-order chi connectivity index (χ1) is 9.84. The smallest absolute Gasteiger partial charge is 0.288 e. The van der Waals surface area contributed by atoms with Crippen molar-refractivity contribution in [2.24, 2.45) is 0 Å². The Morgan fingerprint density at radius 1 is 1.25 bits per heavy atom. The number of nitrogens with zero attached hydrogens (tertiary/aromatic N) is 3. The highest BCUT2D eigenvalue weighted by Gasteiger charge is 2.16. The van der Waals surface area contributed by atoms with Crippen LogP contribution in [0.1, 0.15) is 16.4 Å². The second-order valence-corrected chi connectivity index (χ2v) is 4.04. The summed E-state index contributed by atoms with van der Waals surface area (Å²) in [6, 6.07) is 11.3. The van der Waals surface area contributed by atoms with Crippen molar-refractivity contribution in [2.75, 3.05) is 0 Å². The van der Waals surface area contributed by atoms with Gasteiger partial charge in [-0.25, -0.2) is 0 Å². The van der Waals surface area contributed by atoms with Gasteiger partial charge in [-0.05, 0) is 11.6 Å². The molecule has 2 aromatic heterocycles. The van der Waals surface area contributed by atoms with E-state index < -0.39 is 0 Å². The van der Waals surface area contributed by atoms with E-state index in [1.165, 1.54) is 6.26 Å². The first kappa shape index (κ1) is 12.1. The molecule has 0 aliphatic heterocycles. The van der Waals surface area contributed by atoms with Gasteiger partial charge in [0.1, 0.15) is 0 Å². The fourth-order valence-corrected chi connectivity index (χ4v) is 1.83. The number of rotatable bonds is 4. The van der Waals surface area contributed by atoms with Crippen molar-refractivity contribution in [3.05, 3.63) is 54.2 Å². The molecular weight excluding hydrogens is 258 g/mol. The lowest BCUT2D eigenvalue weighted by atomic mass is 10.1. The number of carbonyl (C=O) groups excluding carboxylic acids is 1. The van der Waals surface area contributed by atoms with Crippen LogP contribution in [0, 0.1) is 0 Å². The summed E-state index contributed by atoms with van der Waals surface area (Å²) in [6.07, 6.45) is 1.49. The van der Waals surface area contributed by atoms with Crippen LogP contribution in [0.5, 0.6) is 0 Å². The molecule has 7 heteroatoms. The molecule has 0 saturated carbocycles. The normalized spacial score (nSPS) is 10.4. The van der Waals surface area contributed by atoms with Gasteiger partial charge in [0, 0.05) is 5.56 Å². The quantitative estimate of drug-likeness (QED) is 0.746. The Balaban J connectivity index is 1.77. The Morgan fingerprint density at radius 3 is 2.85 bits per heavy atom. The fraction of sp³-hybridized carbons (Fsp3) is 0.0769. The number of benzene rings is 1. The molecule has 0 spiro atoms. The van der Waals surface area contributed by atoms with Crippen LogP contribution in [0.2, 0.25) is 0 Å². The summed E-state index contributed by atoms with van der Waals surface area (Å²) in [7, 11) is 0. The molecule has 2 heterocycles. The SMILES string of the molecule is O=C(NCc1nn[nH]n1)c1occc1-c1ccccc1. The van der Waals surface area contributed by atoms with Crippen LogP contribution in [0.3, 0.4) is 0 Å². The van der Waals surface area contributed by atoms with Gasteiger partial charge in [0.15, 0.2) is 11.6 Å². The van der Waals surface area contributed by atoms with E-state index in [1.807, 2.05) is 30.3 Å². The first-order valence-electron chi connectivity index (χ1n) is 5.98. The molecule has 3 rings (SSSR count). The maximum absolute atomic E-state index is 12.1. The molecule has 0 aliphatic carbocycles. The molecule has 2 N–H and O–H groups in total. The van der Waals surface area contributed by atoms with Gasteiger partial charge in [-0.2, -0.15) is 5.21 Å². The van der Waals surface area contributed by atoms with E-state index in [-0.39, 0.29) is 18.2 Å². The largest absolute Gasteiger partial charge is 0.459 e. The summed E-state index contributed by atoms with van der Waals surface area (Å²) >= 11 is 0. The lowest BCUT2D eigenvalue weighted by molar-refractivity contribution is 0.0923. The van der Waals surface area contributed by atoms with Crippen molar-refractivity contribution >= 4 is 5.91 Å². The molecule has 20 heavy (non-hydrogen) atoms. The summed E-state index contributed by atoms with van der Waals surface area (Å²) in [5, 5.41) is 15.9. The minimum absolute atomic E-state index is 0.185. The van der Waals surface area contributed by atoms with Gasteiger partial charge in [-0.15, -0.1) is 10.2 Å². The van der Waals surface area contributed by atoms with Gasteiger partial charge >= 0.3 is 0 Å². The molecule has 0 bridgehead atoms. The first-order valence-corrected chi connectivity index (χ1v) is 5.98. The Labute approximate surface area is 114 Å². The molecule has 0 atom stereocenters. The lowest BCUT2D eigenvalue weighted by Gasteiger charge is -2.03. The van der Waals surface area contributed by atoms with E-state index >= 15 is 0 Å². The maximum Gasteiger partial charge on any atom is 0.288 e. The van der Waals surface area contributed by atoms with Gasteiger partial charge in [-0.1, -0.05) is 35.5 Å². The minimum atomic E-state index is -0.321. The summed E-state index contributed by atoms with van der Waals surface area (Å²) in [5.74, 6) is 0.351. The van der Waals surface area contributed by atoms with E-state index in [9.17, 15) is 4.79 Å². The van der Waals surface area contributed by atoms with Crippen molar-refractivity contribution < 1.29 is 9.21 Å². The van der Waals surface area contributed by atoms with Crippen LogP contribution in [-0.2, 0) is 6.54 Å². The topological polar surface area (TPSA) is 96.7 Å². The molecule has 0 saturated heterocycles. The van der Waals surface area contributed by atoms with Gasteiger partial charge in [0.2, 0.25) is 0 Å². The van der Waals surface area contributed by atoms with Gasteiger partial charge in [0.05, 0.1) is 12.8 Å². The van der Waals surface area contributed by atoms with Crippen molar-refractivity contribution in [3.8, 4) is 11.1 Å². The number of hydrogen-bond donors (Lipinski definition) is 2. The third kappa shape index (κ3) is 2.41. The number of nitrogens with one attached hydrogen (secondary N) is 2. The molecule has 0 aliphatic rings. The fourth-order valence-electron chi connectivity index (χ4n) is 1.83. The van der Waals surface area contributed by atoms with Gasteiger partial charge < -0.3 is 9.73 Å². The number of aromatic amines is 1. The molecule has 1 amide bonds. The predicted molar refractivity (Wildman–Crippen MR) is 69.5 cm³/mol. The highest BCUT2D eigenvalue weighted by Crippen LogP contribution is 2.24. The zero-order valence-corrected chi connectivity index (χ0v) is 10.4. The number of carbonyl (C=O) groups is 1. The van der Waals surface area contributed by atoms with E-state index in [2.05, 4.69) is 25.9 Å². The van der Waals surface area contributed by atoms with Crippen LogP contribution in [0.25, 0.3) is 11.1 Å². The predicted octanol–water partition coefficient (Wildman–Crippen LogP) is 1.39. The maximum atomic E-state index is 12.1. The summed E-state index contributed by atoms with van der Waals surface area (Å²) in [5.41, 5.74) is 1.67. The van der Waals surface area contributed by atoms with Crippen molar-refractivity contribution in [1.29, 1.82) is 0 Å². The van der Waals surface area contributed by atoms with Crippen molar-refractivity contribution in [3.63, 3.8) is 0 Å². The Hall–Kier alpha value is -2.96. The monoisotopic (exact) mass is 269 g/mol. The third-order valence-electron chi connectivity index (χ3n) is 2.75. The molecule has 1 aromatic carbocycles. The van der Waals surface area contributed by atoms with E-state index in [1.54, 1.807) is 6.07 Å². The molecule has 0 unspecified atom stereocenters.